The van der Waals surface area contributed by atoms with E-state index < -0.39 is 16.1 Å². The number of hydrogen-bond acceptors (Lipinski definition) is 4. The summed E-state index contributed by atoms with van der Waals surface area (Å²) in [6.45, 7) is -0.239. The Kier molecular flexibility index (Phi) is 6.63. The highest BCUT2D eigenvalue weighted by Crippen LogP contribution is 2.43. The highest BCUT2D eigenvalue weighted by molar-refractivity contribution is 7.88. The van der Waals surface area contributed by atoms with Gasteiger partial charge in [-0.05, 0) is 41.5 Å². The van der Waals surface area contributed by atoms with Gasteiger partial charge in [-0.2, -0.15) is 4.31 Å². The van der Waals surface area contributed by atoms with E-state index in [9.17, 15) is 22.7 Å². The van der Waals surface area contributed by atoms with E-state index in [4.69, 9.17) is 0 Å². The topological polar surface area (TPSA) is 77.9 Å². The minimum absolute atomic E-state index is 0.166. The Balaban J connectivity index is 1.34. The smallest absolute Gasteiger partial charge is 0.238 e. The van der Waals surface area contributed by atoms with E-state index in [1.807, 2.05) is 30.3 Å². The molecule has 0 bridgehead atoms. The number of hydrogen-bond donors (Lipinski definition) is 1. The van der Waals surface area contributed by atoms with Crippen LogP contribution in [0.5, 0.6) is 0 Å². The summed E-state index contributed by atoms with van der Waals surface area (Å²) in [5.41, 5.74) is 2.89. The monoisotopic (exact) mass is 504 g/mol. The molecule has 184 valence electrons. The largest absolute Gasteiger partial charge is 0.394 e. The standard InChI is InChI=1S/C28H25FN2O4S/c29-24-8-4-7-21(15-24)10-9-20-11-13-23(14-12-20)28-25-16-30(17-27(33)31(25)26(28)18-32)36(34,35)19-22-5-2-1-3-6-22/h1-8,11-15,25-26,28,32H,16-19H2/t25-,26-,28+/m1/s1. The second-order valence-electron chi connectivity index (χ2n) is 9.06. The average molecular weight is 505 g/mol. The SMILES string of the molecule is O=C1CN(S(=O)(=O)Cc2ccccc2)C[C@@H]2[C@H](c3ccc(C#Cc4cccc(F)c4)cc3)[C@@H](CO)N12. The Bertz CT molecular complexity index is 1430. The van der Waals surface area contributed by atoms with Crippen molar-refractivity contribution in [3.63, 3.8) is 0 Å². The number of carbonyl (C=O) groups is 1. The predicted molar refractivity (Wildman–Crippen MR) is 134 cm³/mol. The fraction of sp³-hybridized carbons (Fsp3) is 0.250. The van der Waals surface area contributed by atoms with Gasteiger partial charge in [0.15, 0.2) is 0 Å². The number of piperazine rings is 1. The van der Waals surface area contributed by atoms with Crippen LogP contribution in [0.3, 0.4) is 0 Å². The molecule has 0 aromatic heterocycles. The summed E-state index contributed by atoms with van der Waals surface area (Å²) < 4.78 is 40.8. The minimum atomic E-state index is -3.69. The summed E-state index contributed by atoms with van der Waals surface area (Å²) in [6, 6.07) is 21.7. The summed E-state index contributed by atoms with van der Waals surface area (Å²) in [6.07, 6.45) is 0. The molecule has 2 aliphatic rings. The normalized spacial score (nSPS) is 21.8. The third kappa shape index (κ3) is 4.78. The number of aliphatic hydroxyl groups is 1. The van der Waals surface area contributed by atoms with Gasteiger partial charge in [-0.1, -0.05) is 60.4 Å². The van der Waals surface area contributed by atoms with Crippen molar-refractivity contribution < 1.29 is 22.7 Å². The van der Waals surface area contributed by atoms with Gasteiger partial charge in [0.2, 0.25) is 15.9 Å². The molecule has 3 aromatic rings. The molecule has 3 atom stereocenters. The molecular weight excluding hydrogens is 479 g/mol. The van der Waals surface area contributed by atoms with Crippen LogP contribution in [-0.2, 0) is 20.6 Å². The van der Waals surface area contributed by atoms with E-state index in [0.717, 1.165) is 11.1 Å². The van der Waals surface area contributed by atoms with E-state index in [0.29, 0.717) is 11.1 Å². The van der Waals surface area contributed by atoms with Crippen LogP contribution >= 0.6 is 0 Å². The molecular formula is C28H25FN2O4S. The molecule has 3 aromatic carbocycles. The molecule has 1 amide bonds. The van der Waals surface area contributed by atoms with Gasteiger partial charge in [-0.25, -0.2) is 12.8 Å². The molecule has 1 N–H and O–H groups in total. The zero-order valence-electron chi connectivity index (χ0n) is 19.4. The van der Waals surface area contributed by atoms with E-state index in [1.54, 1.807) is 41.3 Å². The van der Waals surface area contributed by atoms with Gasteiger partial charge in [0, 0.05) is 23.6 Å². The van der Waals surface area contributed by atoms with Crippen LogP contribution in [0, 0.1) is 17.7 Å². The van der Waals surface area contributed by atoms with Gasteiger partial charge in [0.25, 0.3) is 0 Å². The number of aliphatic hydroxyl groups excluding tert-OH is 1. The molecule has 0 unspecified atom stereocenters. The van der Waals surface area contributed by atoms with Crippen LogP contribution in [0.4, 0.5) is 4.39 Å². The average Bonchev–Trinajstić information content (AvgIpc) is 2.85. The Morgan fingerprint density at radius 2 is 1.67 bits per heavy atom. The van der Waals surface area contributed by atoms with E-state index in [2.05, 4.69) is 11.8 Å². The summed E-state index contributed by atoms with van der Waals surface area (Å²) in [4.78, 5) is 14.5. The lowest BCUT2D eigenvalue weighted by molar-refractivity contribution is -0.158. The minimum Gasteiger partial charge on any atom is -0.394 e. The number of carbonyl (C=O) groups excluding carboxylic acids is 1. The number of amides is 1. The number of nitrogens with zero attached hydrogens (tertiary/aromatic N) is 2. The maximum Gasteiger partial charge on any atom is 0.238 e. The van der Waals surface area contributed by atoms with Gasteiger partial charge in [-0.3, -0.25) is 4.79 Å². The molecule has 36 heavy (non-hydrogen) atoms. The Hall–Kier alpha value is -3.51. The van der Waals surface area contributed by atoms with E-state index >= 15 is 0 Å². The molecule has 2 aliphatic heterocycles. The van der Waals surface area contributed by atoms with Crippen molar-refractivity contribution in [2.45, 2.75) is 23.8 Å². The van der Waals surface area contributed by atoms with Crippen molar-refractivity contribution >= 4 is 15.9 Å². The fourth-order valence-corrected chi connectivity index (χ4v) is 6.54. The molecule has 2 fully saturated rings. The lowest BCUT2D eigenvalue weighted by atomic mass is 9.74. The fourth-order valence-electron chi connectivity index (χ4n) is 5.06. The van der Waals surface area contributed by atoms with Crippen molar-refractivity contribution in [3.8, 4) is 11.8 Å². The third-order valence-electron chi connectivity index (χ3n) is 6.78. The quantitative estimate of drug-likeness (QED) is 0.542. The van der Waals surface area contributed by atoms with Crippen molar-refractivity contribution in [2.75, 3.05) is 19.7 Å². The second kappa shape index (κ2) is 9.86. The molecule has 2 saturated heterocycles. The van der Waals surface area contributed by atoms with Crippen molar-refractivity contribution in [2.24, 2.45) is 0 Å². The van der Waals surface area contributed by atoms with Crippen LogP contribution < -0.4 is 0 Å². The van der Waals surface area contributed by atoms with Gasteiger partial charge < -0.3 is 10.0 Å². The number of sulfonamides is 1. The summed E-state index contributed by atoms with van der Waals surface area (Å²) in [5.74, 6) is 4.95. The lowest BCUT2D eigenvalue weighted by Crippen LogP contribution is -2.73. The third-order valence-corrected chi connectivity index (χ3v) is 8.54. The summed E-state index contributed by atoms with van der Waals surface area (Å²) in [5, 5.41) is 10.0. The van der Waals surface area contributed by atoms with E-state index in [1.165, 1.54) is 16.4 Å². The molecule has 0 aliphatic carbocycles. The van der Waals surface area contributed by atoms with Gasteiger partial charge >= 0.3 is 0 Å². The molecule has 2 heterocycles. The van der Waals surface area contributed by atoms with Crippen LogP contribution in [0.1, 0.15) is 28.2 Å². The first-order valence-corrected chi connectivity index (χ1v) is 13.3. The molecule has 6 nitrogen and oxygen atoms in total. The van der Waals surface area contributed by atoms with Gasteiger partial charge in [0.1, 0.15) is 5.82 Å². The lowest BCUT2D eigenvalue weighted by Gasteiger charge is -2.58. The number of benzene rings is 3. The second-order valence-corrected chi connectivity index (χ2v) is 11.0. The number of rotatable bonds is 5. The summed E-state index contributed by atoms with van der Waals surface area (Å²) in [7, 11) is -3.69. The zero-order chi connectivity index (χ0) is 25.3. The molecule has 0 spiro atoms. The number of fused-ring (bicyclic) bond motifs is 1. The molecule has 0 saturated carbocycles. The van der Waals surface area contributed by atoms with Crippen LogP contribution in [-0.4, -0.2) is 60.4 Å². The van der Waals surface area contributed by atoms with Gasteiger partial charge in [0.05, 0.1) is 31.0 Å². The van der Waals surface area contributed by atoms with E-state index in [-0.39, 0.29) is 49.1 Å². The Morgan fingerprint density at radius 3 is 2.36 bits per heavy atom. The first kappa shape index (κ1) is 24.2. The van der Waals surface area contributed by atoms with Crippen LogP contribution in [0.2, 0.25) is 0 Å². The molecule has 5 rings (SSSR count). The first-order chi connectivity index (χ1) is 17.4. The van der Waals surface area contributed by atoms with Gasteiger partial charge in [-0.15, -0.1) is 0 Å². The van der Waals surface area contributed by atoms with Crippen molar-refractivity contribution in [1.29, 1.82) is 0 Å². The summed E-state index contributed by atoms with van der Waals surface area (Å²) >= 11 is 0. The first-order valence-electron chi connectivity index (χ1n) is 11.7. The maximum atomic E-state index is 13.4. The molecule has 0 radical (unpaired) electrons. The van der Waals surface area contributed by atoms with Crippen LogP contribution in [0.15, 0.2) is 78.9 Å². The van der Waals surface area contributed by atoms with Crippen molar-refractivity contribution in [3.05, 3.63) is 107 Å². The number of halogens is 1. The predicted octanol–water partition coefficient (Wildman–Crippen LogP) is 2.73. The highest BCUT2D eigenvalue weighted by Gasteiger charge is 2.55. The highest BCUT2D eigenvalue weighted by atomic mass is 32.2. The van der Waals surface area contributed by atoms with Crippen molar-refractivity contribution in [1.82, 2.24) is 9.21 Å². The maximum absolute atomic E-state index is 13.4. The Morgan fingerprint density at radius 1 is 0.944 bits per heavy atom. The zero-order valence-corrected chi connectivity index (χ0v) is 20.2. The molecule has 8 heteroatoms. The Labute approximate surface area is 210 Å². The van der Waals surface area contributed by atoms with Crippen LogP contribution in [0.25, 0.3) is 0 Å².